The molecule has 0 bridgehead atoms. The third-order valence-corrected chi connectivity index (χ3v) is 4.84. The van der Waals surface area contributed by atoms with Crippen LogP contribution in [-0.2, 0) is 14.3 Å². The first-order chi connectivity index (χ1) is 14.1. The molecule has 1 atom stereocenters. The van der Waals surface area contributed by atoms with E-state index in [4.69, 9.17) is 9.47 Å². The van der Waals surface area contributed by atoms with E-state index in [0.29, 0.717) is 17.0 Å². The summed E-state index contributed by atoms with van der Waals surface area (Å²) in [5, 5.41) is 6.64. The molecule has 1 aromatic heterocycles. The van der Waals surface area contributed by atoms with Crippen molar-refractivity contribution in [3.05, 3.63) is 88.1 Å². The average Bonchev–Trinajstić information content (AvgIpc) is 3.25. The van der Waals surface area contributed by atoms with Gasteiger partial charge in [-0.05, 0) is 53.1 Å². The van der Waals surface area contributed by atoms with Gasteiger partial charge in [0.1, 0.15) is 5.75 Å². The standard InChI is InChI=1S/C23H21NO4S/c1-16-8-10-20(27-2)19(14-16)24-23(26)22(18-6-4-3-5-7-18)28-21(25)11-9-17-12-13-29-15-17/h3-15,22H,1-2H3,(H,24,26)/b11-9+/t22-/m1/s1. The molecule has 0 aliphatic heterocycles. The van der Waals surface area contributed by atoms with Crippen LogP contribution in [0.2, 0.25) is 0 Å². The van der Waals surface area contributed by atoms with E-state index in [1.54, 1.807) is 42.5 Å². The predicted octanol–water partition coefficient (Wildman–Crippen LogP) is 5.00. The number of benzene rings is 2. The SMILES string of the molecule is COc1ccc(C)cc1NC(=O)[C@H](OC(=O)/C=C/c1ccsc1)c1ccccc1. The fourth-order valence-corrected chi connectivity index (χ4v) is 3.34. The third-order valence-electron chi connectivity index (χ3n) is 4.14. The van der Waals surface area contributed by atoms with Crippen LogP contribution in [0.25, 0.3) is 6.08 Å². The van der Waals surface area contributed by atoms with Crippen molar-refractivity contribution >= 4 is 35.0 Å². The molecular formula is C23H21NO4S. The number of aryl methyl sites for hydroxylation is 1. The minimum absolute atomic E-state index is 0.461. The Balaban J connectivity index is 1.81. The molecule has 0 fully saturated rings. The molecule has 0 saturated heterocycles. The van der Waals surface area contributed by atoms with E-state index in [9.17, 15) is 9.59 Å². The summed E-state index contributed by atoms with van der Waals surface area (Å²) in [5.41, 5.74) is 2.96. The average molecular weight is 407 g/mol. The first-order valence-corrected chi connectivity index (χ1v) is 9.92. The zero-order valence-electron chi connectivity index (χ0n) is 16.1. The topological polar surface area (TPSA) is 64.6 Å². The first kappa shape index (κ1) is 20.4. The normalized spacial score (nSPS) is 11.8. The van der Waals surface area contributed by atoms with E-state index in [-0.39, 0.29) is 0 Å². The maximum atomic E-state index is 13.0. The number of thiophene rings is 1. The Bertz CT molecular complexity index is 997. The molecule has 0 aliphatic rings. The second kappa shape index (κ2) is 9.71. The lowest BCUT2D eigenvalue weighted by atomic mass is 10.1. The van der Waals surface area contributed by atoms with E-state index >= 15 is 0 Å². The maximum Gasteiger partial charge on any atom is 0.331 e. The van der Waals surface area contributed by atoms with Gasteiger partial charge in [0.25, 0.3) is 5.91 Å². The second-order valence-electron chi connectivity index (χ2n) is 6.31. The van der Waals surface area contributed by atoms with Gasteiger partial charge in [-0.3, -0.25) is 4.79 Å². The summed E-state index contributed by atoms with van der Waals surface area (Å²) in [6.07, 6.45) is 1.88. The Morgan fingerprint density at radius 3 is 2.59 bits per heavy atom. The lowest BCUT2D eigenvalue weighted by molar-refractivity contribution is -0.149. The van der Waals surface area contributed by atoms with Gasteiger partial charge in [-0.25, -0.2) is 4.79 Å². The van der Waals surface area contributed by atoms with Crippen LogP contribution in [0.1, 0.15) is 22.8 Å². The number of amides is 1. The summed E-state index contributed by atoms with van der Waals surface area (Å²) in [7, 11) is 1.53. The number of esters is 1. The van der Waals surface area contributed by atoms with E-state index in [2.05, 4.69) is 5.32 Å². The number of ether oxygens (including phenoxy) is 2. The molecule has 6 heteroatoms. The van der Waals surface area contributed by atoms with Crippen molar-refractivity contribution in [2.75, 3.05) is 12.4 Å². The summed E-state index contributed by atoms with van der Waals surface area (Å²) >= 11 is 1.53. The van der Waals surface area contributed by atoms with Crippen molar-refractivity contribution in [3.8, 4) is 5.75 Å². The van der Waals surface area contributed by atoms with Crippen molar-refractivity contribution in [2.24, 2.45) is 0 Å². The van der Waals surface area contributed by atoms with Crippen molar-refractivity contribution in [1.82, 2.24) is 0 Å². The van der Waals surface area contributed by atoms with Crippen LogP contribution in [0.5, 0.6) is 5.75 Å². The molecule has 1 heterocycles. The Hall–Kier alpha value is -3.38. The summed E-state index contributed by atoms with van der Waals surface area (Å²) in [6.45, 7) is 1.92. The quantitative estimate of drug-likeness (QED) is 0.442. The minimum atomic E-state index is -1.10. The number of anilines is 1. The molecule has 5 nitrogen and oxygen atoms in total. The number of rotatable bonds is 7. The van der Waals surface area contributed by atoms with Crippen molar-refractivity contribution in [3.63, 3.8) is 0 Å². The monoisotopic (exact) mass is 407 g/mol. The van der Waals surface area contributed by atoms with Gasteiger partial charge in [-0.1, -0.05) is 36.4 Å². The molecule has 3 rings (SSSR count). The maximum absolute atomic E-state index is 13.0. The number of methoxy groups -OCH3 is 1. The largest absolute Gasteiger partial charge is 0.495 e. The number of nitrogens with one attached hydrogen (secondary N) is 1. The van der Waals surface area contributed by atoms with Gasteiger partial charge in [0.2, 0.25) is 6.10 Å². The van der Waals surface area contributed by atoms with Crippen LogP contribution in [0.3, 0.4) is 0 Å². The minimum Gasteiger partial charge on any atom is -0.495 e. The highest BCUT2D eigenvalue weighted by molar-refractivity contribution is 7.08. The summed E-state index contributed by atoms with van der Waals surface area (Å²) in [5.74, 6) is -0.534. The molecule has 0 unspecified atom stereocenters. The number of carbonyl (C=O) groups is 2. The smallest absolute Gasteiger partial charge is 0.331 e. The zero-order valence-corrected chi connectivity index (χ0v) is 16.9. The molecular weight excluding hydrogens is 386 g/mol. The highest BCUT2D eigenvalue weighted by Crippen LogP contribution is 2.27. The second-order valence-corrected chi connectivity index (χ2v) is 7.09. The predicted molar refractivity (Wildman–Crippen MR) is 115 cm³/mol. The molecule has 3 aromatic rings. The number of hydrogen-bond donors (Lipinski definition) is 1. The van der Waals surface area contributed by atoms with Gasteiger partial charge in [-0.2, -0.15) is 11.3 Å². The molecule has 0 saturated carbocycles. The Morgan fingerprint density at radius 1 is 1.10 bits per heavy atom. The fraction of sp³-hybridized carbons (Fsp3) is 0.130. The molecule has 0 aliphatic carbocycles. The lowest BCUT2D eigenvalue weighted by Gasteiger charge is -2.18. The highest BCUT2D eigenvalue weighted by atomic mass is 32.1. The van der Waals surface area contributed by atoms with Gasteiger partial charge in [-0.15, -0.1) is 0 Å². The fourth-order valence-electron chi connectivity index (χ4n) is 2.71. The molecule has 0 radical (unpaired) electrons. The molecule has 2 aromatic carbocycles. The van der Waals surface area contributed by atoms with Crippen molar-refractivity contribution in [2.45, 2.75) is 13.0 Å². The van der Waals surface area contributed by atoms with Crippen molar-refractivity contribution in [1.29, 1.82) is 0 Å². The molecule has 1 N–H and O–H groups in total. The summed E-state index contributed by atoms with van der Waals surface area (Å²) in [6, 6.07) is 16.3. The van der Waals surface area contributed by atoms with Crippen LogP contribution in [0.15, 0.2) is 71.4 Å². The molecule has 29 heavy (non-hydrogen) atoms. The Kier molecular flexibility index (Phi) is 6.81. The lowest BCUT2D eigenvalue weighted by Crippen LogP contribution is -2.25. The third kappa shape index (κ3) is 5.56. The van der Waals surface area contributed by atoms with Gasteiger partial charge >= 0.3 is 5.97 Å². The summed E-state index contributed by atoms with van der Waals surface area (Å²) in [4.78, 5) is 25.3. The van der Waals surface area contributed by atoms with E-state index in [1.807, 2.05) is 35.9 Å². The van der Waals surface area contributed by atoms with Gasteiger partial charge < -0.3 is 14.8 Å². The van der Waals surface area contributed by atoms with Crippen LogP contribution < -0.4 is 10.1 Å². The van der Waals surface area contributed by atoms with Gasteiger partial charge in [0.05, 0.1) is 12.8 Å². The van der Waals surface area contributed by atoms with Gasteiger partial charge in [0, 0.05) is 11.6 Å². The first-order valence-electron chi connectivity index (χ1n) is 8.98. The van der Waals surface area contributed by atoms with E-state index < -0.39 is 18.0 Å². The van der Waals surface area contributed by atoms with Crippen LogP contribution in [-0.4, -0.2) is 19.0 Å². The summed E-state index contributed by atoms with van der Waals surface area (Å²) < 4.78 is 10.8. The van der Waals surface area contributed by atoms with Gasteiger partial charge in [0.15, 0.2) is 0 Å². The van der Waals surface area contributed by atoms with Crippen molar-refractivity contribution < 1.29 is 19.1 Å². The molecule has 1 amide bonds. The van der Waals surface area contributed by atoms with E-state index in [0.717, 1.165) is 11.1 Å². The highest BCUT2D eigenvalue weighted by Gasteiger charge is 2.25. The van der Waals surface area contributed by atoms with Crippen LogP contribution in [0.4, 0.5) is 5.69 Å². The molecule has 148 valence electrons. The Labute approximate surface area is 173 Å². The Morgan fingerprint density at radius 2 is 1.90 bits per heavy atom. The van der Waals surface area contributed by atoms with Crippen LogP contribution in [0, 0.1) is 6.92 Å². The van der Waals surface area contributed by atoms with E-state index in [1.165, 1.54) is 24.5 Å². The zero-order chi connectivity index (χ0) is 20.6. The van der Waals surface area contributed by atoms with Crippen LogP contribution >= 0.6 is 11.3 Å². The number of hydrogen-bond acceptors (Lipinski definition) is 5. The molecule has 0 spiro atoms. The number of carbonyl (C=O) groups excluding carboxylic acids is 2.